The Morgan fingerprint density at radius 2 is 2.03 bits per heavy atom. The number of nitrogens with two attached hydrogens (primary N) is 1. The van der Waals surface area contributed by atoms with Gasteiger partial charge in [-0.3, -0.25) is 4.79 Å². The lowest BCUT2D eigenvalue weighted by Crippen LogP contribution is -2.52. The van der Waals surface area contributed by atoms with E-state index in [1.165, 1.54) is 16.7 Å². The maximum Gasteiger partial charge on any atom is 0.328 e. The Kier molecular flexibility index (Phi) is 5.19. The van der Waals surface area contributed by atoms with Gasteiger partial charge in [0.1, 0.15) is 10.3 Å². The number of pyridine rings is 1. The molecule has 0 bridgehead atoms. The van der Waals surface area contributed by atoms with Crippen molar-refractivity contribution < 1.29 is 9.59 Å². The van der Waals surface area contributed by atoms with Gasteiger partial charge in [0.25, 0.3) is 0 Å². The lowest BCUT2D eigenvalue weighted by atomic mass is 10.00. The zero-order valence-corrected chi connectivity index (χ0v) is 19.0. The minimum Gasteiger partial charge on any atom is -0.351 e. The van der Waals surface area contributed by atoms with E-state index < -0.39 is 11.3 Å². The number of benzene rings is 1. The van der Waals surface area contributed by atoms with Crippen molar-refractivity contribution in [1.29, 1.82) is 0 Å². The molecule has 2 aliphatic heterocycles. The fourth-order valence-electron chi connectivity index (χ4n) is 4.94. The number of thioether (sulfide) groups is 1. The Morgan fingerprint density at radius 1 is 1.18 bits per heavy atom. The van der Waals surface area contributed by atoms with Crippen LogP contribution in [0.5, 0.6) is 0 Å². The normalized spacial score (nSPS) is 25.1. The molecule has 34 heavy (non-hydrogen) atoms. The van der Waals surface area contributed by atoms with Gasteiger partial charge in [-0.1, -0.05) is 42.1 Å². The molecule has 2 unspecified atom stereocenters. The summed E-state index contributed by atoms with van der Waals surface area (Å²) in [6.45, 7) is 0. The minimum atomic E-state index is -0.510. The van der Waals surface area contributed by atoms with E-state index in [0.29, 0.717) is 11.5 Å². The topological polar surface area (TPSA) is 126 Å². The maximum absolute atomic E-state index is 13.3. The Labute approximate surface area is 200 Å². The van der Waals surface area contributed by atoms with Crippen molar-refractivity contribution in [1.82, 2.24) is 25.8 Å². The first-order valence-electron chi connectivity index (χ1n) is 11.3. The summed E-state index contributed by atoms with van der Waals surface area (Å²) in [5.74, 6) is 0.279. The highest BCUT2D eigenvalue weighted by Gasteiger charge is 2.47. The standard InChI is InChI=1S/C24H23N7O2S/c25-15-7-4-8-16(15)28-22(32)21-20-19-17(9-10-26-23(19)34-21)31(24(33)29-20)18-11-14(12-27-30-18)13-5-2-1-3-6-13/h1-3,5-6,9-12,15-16,20-21H,4,7-8,25H2,(H,28,32)(H,29,33)/t15-,16+,20?,21?/m0/s1. The lowest BCUT2D eigenvalue weighted by Gasteiger charge is -2.33. The first-order chi connectivity index (χ1) is 16.6. The Bertz CT molecular complexity index is 1270. The molecular formula is C24H23N7O2S. The highest BCUT2D eigenvalue weighted by molar-refractivity contribution is 8.01. The summed E-state index contributed by atoms with van der Waals surface area (Å²) in [6, 6.07) is 12.5. The van der Waals surface area contributed by atoms with E-state index in [0.717, 1.165) is 41.0 Å². The number of carbonyl (C=O) groups is 2. The van der Waals surface area contributed by atoms with Gasteiger partial charge in [0, 0.05) is 29.4 Å². The molecule has 172 valence electrons. The molecule has 1 aromatic carbocycles. The summed E-state index contributed by atoms with van der Waals surface area (Å²) in [5, 5.41) is 14.7. The molecule has 3 aromatic rings. The number of nitrogens with one attached hydrogen (secondary N) is 2. The molecule has 3 amide bonds. The molecule has 2 aromatic heterocycles. The van der Waals surface area contributed by atoms with E-state index >= 15 is 0 Å². The second-order valence-electron chi connectivity index (χ2n) is 8.73. The predicted octanol–water partition coefficient (Wildman–Crippen LogP) is 2.91. The fourth-order valence-corrected chi connectivity index (χ4v) is 6.17. The average molecular weight is 474 g/mol. The van der Waals surface area contributed by atoms with Gasteiger partial charge in [0.15, 0.2) is 5.82 Å². The number of hydrogen-bond acceptors (Lipinski definition) is 7. The summed E-state index contributed by atoms with van der Waals surface area (Å²) >= 11 is 1.37. The lowest BCUT2D eigenvalue weighted by molar-refractivity contribution is -0.121. The van der Waals surface area contributed by atoms with Crippen LogP contribution in [0, 0.1) is 0 Å². The van der Waals surface area contributed by atoms with Crippen LogP contribution in [0.1, 0.15) is 30.9 Å². The highest BCUT2D eigenvalue weighted by Crippen LogP contribution is 2.50. The summed E-state index contributed by atoms with van der Waals surface area (Å²) in [4.78, 5) is 32.5. The maximum atomic E-state index is 13.3. The quantitative estimate of drug-likeness (QED) is 0.532. The fraction of sp³-hybridized carbons (Fsp3) is 0.292. The molecule has 1 aliphatic carbocycles. The summed E-state index contributed by atoms with van der Waals surface area (Å²) in [5.41, 5.74) is 9.47. The van der Waals surface area contributed by atoms with Gasteiger partial charge in [0.2, 0.25) is 5.91 Å². The number of carbonyl (C=O) groups excluding carboxylic acids is 2. The molecule has 4 atom stereocenters. The molecule has 1 fully saturated rings. The summed E-state index contributed by atoms with van der Waals surface area (Å²) in [7, 11) is 0. The van der Waals surface area contributed by atoms with Gasteiger partial charge >= 0.3 is 6.03 Å². The molecule has 3 aliphatic rings. The van der Waals surface area contributed by atoms with E-state index in [9.17, 15) is 9.59 Å². The molecule has 1 saturated carbocycles. The number of rotatable bonds is 4. The van der Waals surface area contributed by atoms with E-state index in [1.807, 2.05) is 36.4 Å². The Hall–Kier alpha value is -3.50. The monoisotopic (exact) mass is 473 g/mol. The minimum absolute atomic E-state index is 0.0293. The van der Waals surface area contributed by atoms with Crippen molar-refractivity contribution in [2.75, 3.05) is 4.90 Å². The van der Waals surface area contributed by atoms with Crippen molar-refractivity contribution >= 4 is 35.2 Å². The Balaban J connectivity index is 1.33. The second kappa shape index (κ2) is 8.37. The van der Waals surface area contributed by atoms with Crippen LogP contribution in [0.3, 0.4) is 0 Å². The molecule has 4 N–H and O–H groups in total. The molecule has 6 rings (SSSR count). The van der Waals surface area contributed by atoms with E-state index in [4.69, 9.17) is 5.73 Å². The van der Waals surface area contributed by atoms with Crippen LogP contribution in [-0.4, -0.2) is 44.5 Å². The first-order valence-corrected chi connectivity index (χ1v) is 12.2. The number of aromatic nitrogens is 3. The van der Waals surface area contributed by atoms with Crippen molar-refractivity contribution in [2.45, 2.75) is 47.7 Å². The van der Waals surface area contributed by atoms with Crippen LogP contribution in [0.25, 0.3) is 11.1 Å². The Morgan fingerprint density at radius 3 is 2.82 bits per heavy atom. The molecular weight excluding hydrogens is 450 g/mol. The van der Waals surface area contributed by atoms with Crippen molar-refractivity contribution in [3.63, 3.8) is 0 Å². The van der Waals surface area contributed by atoms with Gasteiger partial charge in [-0.15, -0.1) is 5.10 Å². The van der Waals surface area contributed by atoms with Crippen LogP contribution >= 0.6 is 11.8 Å². The molecule has 0 radical (unpaired) electrons. The van der Waals surface area contributed by atoms with Crippen LogP contribution in [0.4, 0.5) is 16.3 Å². The van der Waals surface area contributed by atoms with Gasteiger partial charge in [0.05, 0.1) is 17.9 Å². The highest BCUT2D eigenvalue weighted by atomic mass is 32.2. The van der Waals surface area contributed by atoms with E-state index in [-0.39, 0.29) is 24.0 Å². The average Bonchev–Trinajstić information content (AvgIpc) is 3.44. The predicted molar refractivity (Wildman–Crippen MR) is 129 cm³/mol. The number of anilines is 2. The third kappa shape index (κ3) is 3.50. The van der Waals surface area contributed by atoms with Gasteiger partial charge in [-0.05, 0) is 37.0 Å². The molecule has 4 heterocycles. The largest absolute Gasteiger partial charge is 0.351 e. The molecule has 0 saturated heterocycles. The molecule has 0 spiro atoms. The zero-order valence-electron chi connectivity index (χ0n) is 18.2. The summed E-state index contributed by atoms with van der Waals surface area (Å²) in [6.07, 6.45) is 6.12. The number of hydrogen-bond donors (Lipinski definition) is 3. The third-order valence-electron chi connectivity index (χ3n) is 6.64. The molecule has 10 heteroatoms. The SMILES string of the molecule is N[C@H]1CCC[C@H]1NC(=O)C1Sc2nccc3c2C1NC(=O)N3c1cc(-c2ccccc2)cnn1. The van der Waals surface area contributed by atoms with Crippen molar-refractivity contribution in [2.24, 2.45) is 5.73 Å². The van der Waals surface area contributed by atoms with Crippen LogP contribution in [0.2, 0.25) is 0 Å². The van der Waals surface area contributed by atoms with Crippen molar-refractivity contribution in [3.05, 3.63) is 60.4 Å². The number of amides is 3. The second-order valence-corrected chi connectivity index (χ2v) is 9.86. The summed E-state index contributed by atoms with van der Waals surface area (Å²) < 4.78 is 0. The number of urea groups is 1. The van der Waals surface area contributed by atoms with Gasteiger partial charge in [-0.2, -0.15) is 5.10 Å². The number of nitrogens with zero attached hydrogens (tertiary/aromatic N) is 4. The van der Waals surface area contributed by atoms with Gasteiger partial charge in [-0.25, -0.2) is 14.7 Å². The van der Waals surface area contributed by atoms with Crippen LogP contribution in [0.15, 0.2) is 59.9 Å². The van der Waals surface area contributed by atoms with E-state index in [2.05, 4.69) is 25.8 Å². The first kappa shape index (κ1) is 21.1. The van der Waals surface area contributed by atoms with Crippen LogP contribution < -0.4 is 21.3 Å². The molecule has 9 nitrogen and oxygen atoms in total. The van der Waals surface area contributed by atoms with Crippen molar-refractivity contribution in [3.8, 4) is 11.1 Å². The third-order valence-corrected chi connectivity index (χ3v) is 7.93. The smallest absolute Gasteiger partial charge is 0.328 e. The zero-order chi connectivity index (χ0) is 23.2. The van der Waals surface area contributed by atoms with E-state index in [1.54, 1.807) is 18.5 Å². The van der Waals surface area contributed by atoms with Crippen LogP contribution in [-0.2, 0) is 4.79 Å². The van der Waals surface area contributed by atoms with Gasteiger partial charge < -0.3 is 16.4 Å².